The highest BCUT2D eigenvalue weighted by Gasteiger charge is 2.24. The minimum atomic E-state index is 0.548. The molecule has 1 saturated carbocycles. The third kappa shape index (κ3) is 2.46. The Morgan fingerprint density at radius 3 is 2.94 bits per heavy atom. The van der Waals surface area contributed by atoms with Gasteiger partial charge in [0.15, 0.2) is 0 Å². The van der Waals surface area contributed by atoms with E-state index in [2.05, 4.69) is 28.0 Å². The lowest BCUT2D eigenvalue weighted by Gasteiger charge is -2.30. The molecule has 1 saturated heterocycles. The Kier molecular flexibility index (Phi) is 3.69. The average Bonchev–Trinajstić information content (AvgIpc) is 3.02. The third-order valence-electron chi connectivity index (χ3n) is 4.88. The van der Waals surface area contributed by atoms with Gasteiger partial charge in [0.25, 0.3) is 0 Å². The van der Waals surface area contributed by atoms with Crippen LogP contribution in [0.2, 0.25) is 0 Å². The van der Waals surface area contributed by atoms with Gasteiger partial charge in [0, 0.05) is 18.8 Å². The summed E-state index contributed by atoms with van der Waals surface area (Å²) in [6, 6.07) is 0.548. The van der Waals surface area contributed by atoms with Crippen LogP contribution in [0, 0.1) is 11.8 Å². The second-order valence-corrected chi connectivity index (χ2v) is 6.14. The van der Waals surface area contributed by atoms with Crippen molar-refractivity contribution in [3.8, 4) is 0 Å². The molecule has 2 aliphatic rings. The number of hydrogen-bond donors (Lipinski definition) is 1. The lowest BCUT2D eigenvalue weighted by atomic mass is 9.80. The van der Waals surface area contributed by atoms with Crippen molar-refractivity contribution >= 4 is 0 Å². The van der Waals surface area contributed by atoms with E-state index in [1.807, 2.05) is 6.33 Å². The van der Waals surface area contributed by atoms with Crippen molar-refractivity contribution in [1.82, 2.24) is 14.9 Å². The zero-order valence-corrected chi connectivity index (χ0v) is 11.4. The van der Waals surface area contributed by atoms with E-state index in [-0.39, 0.29) is 0 Å². The Hall–Kier alpha value is -0.830. The van der Waals surface area contributed by atoms with Crippen LogP contribution in [0.1, 0.15) is 57.2 Å². The van der Waals surface area contributed by atoms with Crippen LogP contribution < -0.4 is 5.32 Å². The van der Waals surface area contributed by atoms with Crippen LogP contribution in [0.3, 0.4) is 0 Å². The van der Waals surface area contributed by atoms with Crippen molar-refractivity contribution in [2.75, 3.05) is 6.54 Å². The number of rotatable bonds is 3. The zero-order valence-electron chi connectivity index (χ0n) is 11.4. The fraction of sp³-hybridized carbons (Fsp3) is 0.800. The molecule has 2 heterocycles. The summed E-state index contributed by atoms with van der Waals surface area (Å²) in [5, 5.41) is 3.59. The van der Waals surface area contributed by atoms with Gasteiger partial charge in [-0.1, -0.05) is 26.2 Å². The standard InChI is InChI=1S/C15H25N3/c1-12-5-2-3-6-13(12)10-18-11-16-9-15(18)14-7-4-8-17-14/h9,11-14,17H,2-8,10H2,1H3. The topological polar surface area (TPSA) is 29.9 Å². The number of hydrogen-bond acceptors (Lipinski definition) is 2. The molecule has 1 N–H and O–H groups in total. The smallest absolute Gasteiger partial charge is 0.0948 e. The van der Waals surface area contributed by atoms with E-state index in [0.717, 1.165) is 18.4 Å². The SMILES string of the molecule is CC1CCCCC1Cn1cncc1C1CCCN1. The molecule has 0 amide bonds. The Bertz CT molecular complexity index is 379. The van der Waals surface area contributed by atoms with E-state index in [1.165, 1.54) is 50.8 Å². The van der Waals surface area contributed by atoms with Crippen molar-refractivity contribution in [3.63, 3.8) is 0 Å². The maximum atomic E-state index is 4.38. The number of nitrogens with zero attached hydrogens (tertiary/aromatic N) is 2. The molecule has 100 valence electrons. The fourth-order valence-corrected chi connectivity index (χ4v) is 3.63. The van der Waals surface area contributed by atoms with Gasteiger partial charge >= 0.3 is 0 Å². The highest BCUT2D eigenvalue weighted by Crippen LogP contribution is 2.32. The molecule has 3 heteroatoms. The van der Waals surface area contributed by atoms with E-state index in [9.17, 15) is 0 Å². The first-order valence-corrected chi connectivity index (χ1v) is 7.58. The Balaban J connectivity index is 1.70. The van der Waals surface area contributed by atoms with E-state index in [1.54, 1.807) is 0 Å². The molecule has 1 aromatic rings. The van der Waals surface area contributed by atoms with Gasteiger partial charge in [-0.2, -0.15) is 0 Å². The number of imidazole rings is 1. The van der Waals surface area contributed by atoms with Crippen LogP contribution in [0.5, 0.6) is 0 Å². The van der Waals surface area contributed by atoms with Gasteiger partial charge in [-0.25, -0.2) is 4.98 Å². The summed E-state index contributed by atoms with van der Waals surface area (Å²) in [5.41, 5.74) is 1.41. The highest BCUT2D eigenvalue weighted by atomic mass is 15.1. The molecule has 3 nitrogen and oxygen atoms in total. The zero-order chi connectivity index (χ0) is 12.4. The molecule has 2 fully saturated rings. The second-order valence-electron chi connectivity index (χ2n) is 6.14. The molecule has 1 aliphatic carbocycles. The summed E-state index contributed by atoms with van der Waals surface area (Å²) in [7, 11) is 0. The monoisotopic (exact) mass is 247 g/mol. The molecule has 1 aliphatic heterocycles. The van der Waals surface area contributed by atoms with Crippen LogP contribution in [-0.4, -0.2) is 16.1 Å². The van der Waals surface area contributed by atoms with Crippen molar-refractivity contribution in [1.29, 1.82) is 0 Å². The normalized spacial score (nSPS) is 32.8. The molecule has 0 radical (unpaired) electrons. The fourth-order valence-electron chi connectivity index (χ4n) is 3.63. The van der Waals surface area contributed by atoms with Crippen molar-refractivity contribution in [2.24, 2.45) is 11.8 Å². The van der Waals surface area contributed by atoms with Gasteiger partial charge in [-0.05, 0) is 37.6 Å². The Labute approximate surface area is 110 Å². The minimum Gasteiger partial charge on any atom is -0.333 e. The van der Waals surface area contributed by atoms with Crippen molar-refractivity contribution in [3.05, 3.63) is 18.2 Å². The molecule has 0 spiro atoms. The maximum absolute atomic E-state index is 4.38. The summed E-state index contributed by atoms with van der Waals surface area (Å²) < 4.78 is 2.41. The van der Waals surface area contributed by atoms with Crippen LogP contribution in [0.25, 0.3) is 0 Å². The maximum Gasteiger partial charge on any atom is 0.0948 e. The average molecular weight is 247 g/mol. The third-order valence-corrected chi connectivity index (χ3v) is 4.88. The predicted octanol–water partition coefficient (Wildman–Crippen LogP) is 3.13. The summed E-state index contributed by atoms with van der Waals surface area (Å²) in [5.74, 6) is 1.73. The number of aromatic nitrogens is 2. The van der Waals surface area contributed by atoms with Gasteiger partial charge in [0.05, 0.1) is 12.0 Å². The second kappa shape index (κ2) is 5.43. The molecule has 3 unspecified atom stereocenters. The summed E-state index contributed by atoms with van der Waals surface area (Å²) in [4.78, 5) is 4.38. The van der Waals surface area contributed by atoms with E-state index >= 15 is 0 Å². The van der Waals surface area contributed by atoms with Gasteiger partial charge in [-0.3, -0.25) is 0 Å². The lowest BCUT2D eigenvalue weighted by molar-refractivity contribution is 0.226. The quantitative estimate of drug-likeness (QED) is 0.889. The highest BCUT2D eigenvalue weighted by molar-refractivity contribution is 5.07. The van der Waals surface area contributed by atoms with E-state index in [0.29, 0.717) is 6.04 Å². The Morgan fingerprint density at radius 2 is 2.17 bits per heavy atom. The molecule has 3 atom stereocenters. The van der Waals surface area contributed by atoms with Crippen LogP contribution in [-0.2, 0) is 6.54 Å². The summed E-state index contributed by atoms with van der Waals surface area (Å²) in [6.07, 6.45) is 12.3. The molecule has 0 aromatic carbocycles. The first-order valence-electron chi connectivity index (χ1n) is 7.58. The molecular formula is C15H25N3. The molecule has 1 aromatic heterocycles. The van der Waals surface area contributed by atoms with Gasteiger partial charge in [0.2, 0.25) is 0 Å². The largest absolute Gasteiger partial charge is 0.333 e. The van der Waals surface area contributed by atoms with Gasteiger partial charge in [0.1, 0.15) is 0 Å². The first-order chi connectivity index (χ1) is 8.84. The summed E-state index contributed by atoms with van der Waals surface area (Å²) in [6.45, 7) is 4.76. The van der Waals surface area contributed by atoms with E-state index in [4.69, 9.17) is 0 Å². The number of nitrogens with one attached hydrogen (secondary N) is 1. The predicted molar refractivity (Wildman–Crippen MR) is 73.3 cm³/mol. The van der Waals surface area contributed by atoms with Crippen molar-refractivity contribution in [2.45, 2.75) is 58.0 Å². The van der Waals surface area contributed by atoms with E-state index < -0.39 is 0 Å². The molecule has 3 rings (SSSR count). The van der Waals surface area contributed by atoms with Crippen LogP contribution in [0.15, 0.2) is 12.5 Å². The Morgan fingerprint density at radius 1 is 1.28 bits per heavy atom. The lowest BCUT2D eigenvalue weighted by Crippen LogP contribution is -2.24. The first kappa shape index (κ1) is 12.2. The molecule has 0 bridgehead atoms. The van der Waals surface area contributed by atoms with Crippen molar-refractivity contribution < 1.29 is 0 Å². The van der Waals surface area contributed by atoms with Crippen LogP contribution in [0.4, 0.5) is 0 Å². The van der Waals surface area contributed by atoms with Gasteiger partial charge < -0.3 is 9.88 Å². The van der Waals surface area contributed by atoms with Gasteiger partial charge in [-0.15, -0.1) is 0 Å². The molecular weight excluding hydrogens is 222 g/mol. The summed E-state index contributed by atoms with van der Waals surface area (Å²) >= 11 is 0. The minimum absolute atomic E-state index is 0.548. The van der Waals surface area contributed by atoms with Crippen LogP contribution >= 0.6 is 0 Å². The molecule has 18 heavy (non-hydrogen) atoms.